The average molecular weight is 222 g/mol. The minimum Gasteiger partial charge on any atom is -0.493 e. The molecule has 0 aromatic heterocycles. The number of benzene rings is 1. The van der Waals surface area contributed by atoms with Crippen LogP contribution in [-0.2, 0) is 0 Å². The van der Waals surface area contributed by atoms with E-state index in [2.05, 4.69) is 18.1 Å². The number of nitrogens with zero attached hydrogens (tertiary/aromatic N) is 1. The van der Waals surface area contributed by atoms with E-state index in [0.29, 0.717) is 13.0 Å². The number of amidine groups is 1. The van der Waals surface area contributed by atoms with Gasteiger partial charge in [0.1, 0.15) is 11.6 Å². The highest BCUT2D eigenvalue weighted by atomic mass is 16.5. The van der Waals surface area contributed by atoms with E-state index in [0.717, 1.165) is 17.7 Å². The van der Waals surface area contributed by atoms with E-state index in [1.54, 1.807) is 0 Å². The van der Waals surface area contributed by atoms with Crippen LogP contribution in [0.4, 0.5) is 0 Å². The van der Waals surface area contributed by atoms with Crippen molar-refractivity contribution in [2.75, 3.05) is 6.61 Å². The minimum atomic E-state index is 0.240. The van der Waals surface area contributed by atoms with Crippen molar-refractivity contribution in [2.45, 2.75) is 26.7 Å². The van der Waals surface area contributed by atoms with Crippen LogP contribution in [0.25, 0.3) is 0 Å². The minimum absolute atomic E-state index is 0.240. The lowest BCUT2D eigenvalue weighted by Crippen LogP contribution is -2.12. The second kappa shape index (κ2) is 6.00. The SMILES string of the molecule is Cc1ccc(OCCC/C(N)=N/O)c(C)c1. The number of hydrogen-bond donors (Lipinski definition) is 2. The molecule has 0 unspecified atom stereocenters. The molecule has 0 bridgehead atoms. The lowest BCUT2D eigenvalue weighted by atomic mass is 10.1. The van der Waals surface area contributed by atoms with E-state index < -0.39 is 0 Å². The first-order valence-corrected chi connectivity index (χ1v) is 5.30. The third-order valence-corrected chi connectivity index (χ3v) is 2.29. The Hall–Kier alpha value is -1.71. The van der Waals surface area contributed by atoms with E-state index in [-0.39, 0.29) is 5.84 Å². The summed E-state index contributed by atoms with van der Waals surface area (Å²) in [5.41, 5.74) is 7.70. The zero-order valence-corrected chi connectivity index (χ0v) is 9.73. The van der Waals surface area contributed by atoms with Crippen LogP contribution in [-0.4, -0.2) is 17.6 Å². The molecule has 3 N–H and O–H groups in total. The highest BCUT2D eigenvalue weighted by Gasteiger charge is 2.00. The van der Waals surface area contributed by atoms with Crippen LogP contribution in [0.15, 0.2) is 23.4 Å². The smallest absolute Gasteiger partial charge is 0.139 e. The van der Waals surface area contributed by atoms with Gasteiger partial charge in [-0.3, -0.25) is 0 Å². The summed E-state index contributed by atoms with van der Waals surface area (Å²) in [5, 5.41) is 11.2. The molecular formula is C12H18N2O2. The Morgan fingerprint density at radius 2 is 2.19 bits per heavy atom. The monoisotopic (exact) mass is 222 g/mol. The zero-order valence-electron chi connectivity index (χ0n) is 9.73. The van der Waals surface area contributed by atoms with Crippen LogP contribution in [0, 0.1) is 13.8 Å². The van der Waals surface area contributed by atoms with Crippen molar-refractivity contribution in [3.63, 3.8) is 0 Å². The molecule has 0 radical (unpaired) electrons. The standard InChI is InChI=1S/C12H18N2O2/c1-9-5-6-11(10(2)8-9)16-7-3-4-12(13)14-15/h5-6,8,15H,3-4,7H2,1-2H3,(H2,13,14). The molecule has 0 heterocycles. The molecule has 0 fully saturated rings. The molecule has 16 heavy (non-hydrogen) atoms. The molecule has 0 spiro atoms. The third kappa shape index (κ3) is 3.81. The first-order chi connectivity index (χ1) is 7.63. The van der Waals surface area contributed by atoms with Gasteiger partial charge in [-0.05, 0) is 31.9 Å². The molecule has 88 valence electrons. The summed E-state index contributed by atoms with van der Waals surface area (Å²) in [6.45, 7) is 4.64. The van der Waals surface area contributed by atoms with Gasteiger partial charge in [-0.25, -0.2) is 0 Å². The predicted molar refractivity (Wildman–Crippen MR) is 64.1 cm³/mol. The van der Waals surface area contributed by atoms with E-state index in [1.807, 2.05) is 19.1 Å². The molecule has 0 amide bonds. The normalized spacial score (nSPS) is 11.5. The van der Waals surface area contributed by atoms with E-state index in [1.165, 1.54) is 5.56 Å². The fourth-order valence-electron chi connectivity index (χ4n) is 1.45. The molecule has 0 saturated carbocycles. The van der Waals surface area contributed by atoms with Gasteiger partial charge in [0, 0.05) is 6.42 Å². The van der Waals surface area contributed by atoms with Gasteiger partial charge in [-0.2, -0.15) is 0 Å². The number of oxime groups is 1. The maximum atomic E-state index is 8.35. The molecule has 1 aromatic rings. The van der Waals surface area contributed by atoms with Crippen molar-refractivity contribution in [3.05, 3.63) is 29.3 Å². The Kier molecular flexibility index (Phi) is 4.64. The van der Waals surface area contributed by atoms with Crippen molar-refractivity contribution in [2.24, 2.45) is 10.9 Å². The van der Waals surface area contributed by atoms with E-state index >= 15 is 0 Å². The lowest BCUT2D eigenvalue weighted by molar-refractivity contribution is 0.304. The fraction of sp³-hybridized carbons (Fsp3) is 0.417. The van der Waals surface area contributed by atoms with Crippen LogP contribution >= 0.6 is 0 Å². The van der Waals surface area contributed by atoms with Crippen molar-refractivity contribution < 1.29 is 9.94 Å². The van der Waals surface area contributed by atoms with E-state index in [4.69, 9.17) is 15.7 Å². The van der Waals surface area contributed by atoms with Gasteiger partial charge in [-0.15, -0.1) is 0 Å². The molecule has 4 nitrogen and oxygen atoms in total. The van der Waals surface area contributed by atoms with E-state index in [9.17, 15) is 0 Å². The number of hydrogen-bond acceptors (Lipinski definition) is 3. The van der Waals surface area contributed by atoms with Crippen LogP contribution < -0.4 is 10.5 Å². The van der Waals surface area contributed by atoms with Crippen molar-refractivity contribution >= 4 is 5.84 Å². The maximum absolute atomic E-state index is 8.35. The summed E-state index contributed by atoms with van der Waals surface area (Å²) in [6, 6.07) is 6.07. The van der Waals surface area contributed by atoms with Crippen molar-refractivity contribution in [3.8, 4) is 5.75 Å². The van der Waals surface area contributed by atoms with Gasteiger partial charge in [0.15, 0.2) is 0 Å². The molecule has 0 aliphatic carbocycles. The van der Waals surface area contributed by atoms with Crippen LogP contribution in [0.5, 0.6) is 5.75 Å². The second-order valence-corrected chi connectivity index (χ2v) is 3.81. The number of rotatable bonds is 5. The largest absolute Gasteiger partial charge is 0.493 e. The molecule has 0 aliphatic rings. The molecule has 4 heteroatoms. The Morgan fingerprint density at radius 1 is 1.44 bits per heavy atom. The van der Waals surface area contributed by atoms with Gasteiger partial charge in [0.25, 0.3) is 0 Å². The quantitative estimate of drug-likeness (QED) is 0.264. The molecule has 0 atom stereocenters. The van der Waals surface area contributed by atoms with Gasteiger partial charge in [0.05, 0.1) is 6.61 Å². The van der Waals surface area contributed by atoms with Gasteiger partial charge in [-0.1, -0.05) is 22.9 Å². The second-order valence-electron chi connectivity index (χ2n) is 3.81. The van der Waals surface area contributed by atoms with Gasteiger partial charge >= 0.3 is 0 Å². The molecular weight excluding hydrogens is 204 g/mol. The summed E-state index contributed by atoms with van der Waals surface area (Å²) < 4.78 is 5.59. The lowest BCUT2D eigenvalue weighted by Gasteiger charge is -2.09. The summed E-state index contributed by atoms with van der Waals surface area (Å²) in [4.78, 5) is 0. The van der Waals surface area contributed by atoms with Crippen LogP contribution in [0.1, 0.15) is 24.0 Å². The number of ether oxygens (including phenoxy) is 1. The topological polar surface area (TPSA) is 67.8 Å². The Labute approximate surface area is 95.7 Å². The zero-order chi connectivity index (χ0) is 12.0. The molecule has 1 aromatic carbocycles. The van der Waals surface area contributed by atoms with Crippen molar-refractivity contribution in [1.29, 1.82) is 0 Å². The van der Waals surface area contributed by atoms with Crippen LogP contribution in [0.3, 0.4) is 0 Å². The maximum Gasteiger partial charge on any atom is 0.139 e. The summed E-state index contributed by atoms with van der Waals surface area (Å²) in [7, 11) is 0. The summed E-state index contributed by atoms with van der Waals surface area (Å²) >= 11 is 0. The summed E-state index contributed by atoms with van der Waals surface area (Å²) in [6.07, 6.45) is 1.28. The third-order valence-electron chi connectivity index (χ3n) is 2.29. The Morgan fingerprint density at radius 3 is 2.81 bits per heavy atom. The highest BCUT2D eigenvalue weighted by Crippen LogP contribution is 2.18. The fourth-order valence-corrected chi connectivity index (χ4v) is 1.45. The average Bonchev–Trinajstić information content (AvgIpc) is 2.26. The molecule has 0 aliphatic heterocycles. The molecule has 0 saturated heterocycles. The number of aryl methyl sites for hydroxylation is 2. The van der Waals surface area contributed by atoms with Crippen LogP contribution in [0.2, 0.25) is 0 Å². The summed E-state index contributed by atoms with van der Waals surface area (Å²) in [5.74, 6) is 1.13. The predicted octanol–water partition coefficient (Wildman–Crippen LogP) is 2.21. The first kappa shape index (κ1) is 12.4. The first-order valence-electron chi connectivity index (χ1n) is 5.30. The Balaban J connectivity index is 2.37. The number of nitrogens with two attached hydrogens (primary N) is 1. The molecule has 1 rings (SSSR count). The Bertz CT molecular complexity index is 375. The van der Waals surface area contributed by atoms with Crippen molar-refractivity contribution in [1.82, 2.24) is 0 Å². The highest BCUT2D eigenvalue weighted by molar-refractivity contribution is 5.79. The van der Waals surface area contributed by atoms with Gasteiger partial charge < -0.3 is 15.7 Å². The van der Waals surface area contributed by atoms with Gasteiger partial charge in [0.2, 0.25) is 0 Å².